The summed E-state index contributed by atoms with van der Waals surface area (Å²) in [5.74, 6) is -0.301. The molecule has 0 aliphatic heterocycles. The third kappa shape index (κ3) is 3.52. The summed E-state index contributed by atoms with van der Waals surface area (Å²) in [6, 6.07) is 21.9. The van der Waals surface area contributed by atoms with Gasteiger partial charge in [-0.3, -0.25) is 9.59 Å². The minimum atomic E-state index is -0.151. The Labute approximate surface area is 138 Å². The summed E-state index contributed by atoms with van der Waals surface area (Å²) < 4.78 is 0. The van der Waals surface area contributed by atoms with Gasteiger partial charge < -0.3 is 0 Å². The van der Waals surface area contributed by atoms with Crippen LogP contribution in [0.2, 0.25) is 0 Å². The van der Waals surface area contributed by atoms with Crippen LogP contribution < -0.4 is 0 Å². The van der Waals surface area contributed by atoms with Gasteiger partial charge in [-0.15, -0.1) is 11.3 Å². The van der Waals surface area contributed by atoms with Crippen molar-refractivity contribution in [2.75, 3.05) is 0 Å². The maximum atomic E-state index is 12.8. The summed E-state index contributed by atoms with van der Waals surface area (Å²) in [6.07, 6.45) is 1.44. The third-order valence-electron chi connectivity index (χ3n) is 3.40. The molecular weight excluding hydrogens is 304 g/mol. The van der Waals surface area contributed by atoms with Crippen molar-refractivity contribution in [1.29, 1.82) is 0 Å². The van der Waals surface area contributed by atoms with Gasteiger partial charge in [0.25, 0.3) is 0 Å². The van der Waals surface area contributed by atoms with Crippen molar-refractivity contribution >= 4 is 28.5 Å². The number of rotatable bonds is 5. The first kappa shape index (κ1) is 15.1. The van der Waals surface area contributed by atoms with Crippen molar-refractivity contribution < 1.29 is 9.59 Å². The van der Waals surface area contributed by atoms with Gasteiger partial charge in [-0.25, -0.2) is 0 Å². The predicted molar refractivity (Wildman–Crippen MR) is 93.8 cm³/mol. The van der Waals surface area contributed by atoms with E-state index in [-0.39, 0.29) is 11.6 Å². The number of benzene rings is 2. The standard InChI is InChI=1S/C20H14O2S/c21-18(19-12-7-13-23-19)14-17(15-8-3-1-4-9-15)20(22)16-10-5-2-6-11-16/h1-14H. The molecule has 0 aliphatic carbocycles. The van der Waals surface area contributed by atoms with E-state index in [9.17, 15) is 9.59 Å². The van der Waals surface area contributed by atoms with Crippen LogP contribution >= 0.6 is 11.3 Å². The fourth-order valence-electron chi connectivity index (χ4n) is 2.26. The molecule has 23 heavy (non-hydrogen) atoms. The maximum absolute atomic E-state index is 12.8. The Bertz CT molecular complexity index is 832. The van der Waals surface area contributed by atoms with Crippen molar-refractivity contribution in [3.63, 3.8) is 0 Å². The molecule has 0 aliphatic rings. The van der Waals surface area contributed by atoms with E-state index < -0.39 is 0 Å². The lowest BCUT2D eigenvalue weighted by molar-refractivity contribution is 0.103. The van der Waals surface area contributed by atoms with E-state index in [1.54, 1.807) is 18.2 Å². The zero-order valence-corrected chi connectivity index (χ0v) is 13.1. The first-order chi connectivity index (χ1) is 11.3. The molecule has 0 saturated heterocycles. The lowest BCUT2D eigenvalue weighted by atomic mass is 9.95. The van der Waals surface area contributed by atoms with Gasteiger partial charge in [0.2, 0.25) is 0 Å². The van der Waals surface area contributed by atoms with Gasteiger partial charge in [-0.05, 0) is 23.1 Å². The highest BCUT2D eigenvalue weighted by Gasteiger charge is 2.16. The second-order valence-corrected chi connectivity index (χ2v) is 5.91. The van der Waals surface area contributed by atoms with E-state index in [0.29, 0.717) is 16.0 Å². The molecule has 2 nitrogen and oxygen atoms in total. The lowest BCUT2D eigenvalue weighted by Crippen LogP contribution is -2.05. The number of carbonyl (C=O) groups is 2. The highest BCUT2D eigenvalue weighted by molar-refractivity contribution is 7.12. The van der Waals surface area contributed by atoms with Crippen molar-refractivity contribution in [2.45, 2.75) is 0 Å². The third-order valence-corrected chi connectivity index (χ3v) is 4.29. The fourth-order valence-corrected chi connectivity index (χ4v) is 2.90. The quantitative estimate of drug-likeness (QED) is 0.495. The van der Waals surface area contributed by atoms with Crippen molar-refractivity contribution in [3.05, 3.63) is 100 Å². The summed E-state index contributed by atoms with van der Waals surface area (Å²) in [5.41, 5.74) is 1.73. The van der Waals surface area contributed by atoms with E-state index in [2.05, 4.69) is 0 Å². The van der Waals surface area contributed by atoms with Crippen LogP contribution in [0.1, 0.15) is 25.6 Å². The first-order valence-electron chi connectivity index (χ1n) is 7.20. The molecule has 0 fully saturated rings. The number of hydrogen-bond donors (Lipinski definition) is 0. The van der Waals surface area contributed by atoms with Gasteiger partial charge in [0.1, 0.15) is 0 Å². The van der Waals surface area contributed by atoms with Crippen LogP contribution in [0.15, 0.2) is 84.3 Å². The summed E-state index contributed by atoms with van der Waals surface area (Å²) >= 11 is 1.37. The monoisotopic (exact) mass is 318 g/mol. The smallest absolute Gasteiger partial charge is 0.196 e. The van der Waals surface area contributed by atoms with E-state index in [0.717, 1.165) is 5.56 Å². The SMILES string of the molecule is O=C(C(=CC(=O)c1cccs1)c1ccccc1)c1ccccc1. The van der Waals surface area contributed by atoms with E-state index in [4.69, 9.17) is 0 Å². The molecule has 3 aromatic rings. The van der Waals surface area contributed by atoms with Crippen LogP contribution in [-0.2, 0) is 0 Å². The zero-order chi connectivity index (χ0) is 16.1. The Hall–Kier alpha value is -2.78. The van der Waals surface area contributed by atoms with Gasteiger partial charge in [0.15, 0.2) is 11.6 Å². The molecular formula is C20H14O2S. The van der Waals surface area contributed by atoms with Crippen LogP contribution in [0.3, 0.4) is 0 Å². The molecule has 0 unspecified atom stereocenters. The molecule has 1 aromatic heterocycles. The fraction of sp³-hybridized carbons (Fsp3) is 0. The summed E-state index contributed by atoms with van der Waals surface area (Å²) in [6.45, 7) is 0. The Morgan fingerprint density at radius 2 is 1.35 bits per heavy atom. The van der Waals surface area contributed by atoms with Crippen molar-refractivity contribution in [1.82, 2.24) is 0 Å². The number of hydrogen-bond acceptors (Lipinski definition) is 3. The van der Waals surface area contributed by atoms with Crippen molar-refractivity contribution in [3.8, 4) is 0 Å². The molecule has 0 amide bonds. The minimum absolute atomic E-state index is 0.150. The lowest BCUT2D eigenvalue weighted by Gasteiger charge is -2.07. The van der Waals surface area contributed by atoms with Crippen molar-refractivity contribution in [2.24, 2.45) is 0 Å². The molecule has 0 radical (unpaired) electrons. The molecule has 3 heteroatoms. The van der Waals surface area contributed by atoms with Gasteiger partial charge in [-0.1, -0.05) is 66.7 Å². The normalized spacial score (nSPS) is 11.2. The summed E-state index contributed by atoms with van der Waals surface area (Å²) in [4.78, 5) is 25.9. The average Bonchev–Trinajstić information content (AvgIpc) is 3.15. The minimum Gasteiger partial charge on any atom is -0.289 e. The highest BCUT2D eigenvalue weighted by atomic mass is 32.1. The molecule has 0 saturated carbocycles. The van der Waals surface area contributed by atoms with Gasteiger partial charge in [0.05, 0.1) is 4.88 Å². The van der Waals surface area contributed by atoms with Crippen LogP contribution in [0, 0.1) is 0 Å². The van der Waals surface area contributed by atoms with Crippen LogP contribution in [0.25, 0.3) is 5.57 Å². The molecule has 0 bridgehead atoms. The number of Topliss-reactive ketones (excluding diaryl/α,β-unsaturated/α-hetero) is 1. The number of thiophene rings is 1. The summed E-state index contributed by atoms with van der Waals surface area (Å²) in [7, 11) is 0. The summed E-state index contributed by atoms with van der Waals surface area (Å²) in [5, 5.41) is 1.85. The van der Waals surface area contributed by atoms with E-state index >= 15 is 0 Å². The van der Waals surface area contributed by atoms with Crippen LogP contribution in [0.4, 0.5) is 0 Å². The van der Waals surface area contributed by atoms with Crippen LogP contribution in [0.5, 0.6) is 0 Å². The Balaban J connectivity index is 2.04. The van der Waals surface area contributed by atoms with E-state index in [1.165, 1.54) is 17.4 Å². The Morgan fingerprint density at radius 3 is 1.91 bits per heavy atom. The number of ketones is 2. The molecule has 112 valence electrons. The molecule has 0 atom stereocenters. The van der Waals surface area contributed by atoms with E-state index in [1.807, 2.05) is 60.0 Å². The molecule has 2 aromatic carbocycles. The highest BCUT2D eigenvalue weighted by Crippen LogP contribution is 2.22. The average molecular weight is 318 g/mol. The first-order valence-corrected chi connectivity index (χ1v) is 8.08. The van der Waals surface area contributed by atoms with Gasteiger partial charge in [-0.2, -0.15) is 0 Å². The molecule has 0 spiro atoms. The molecule has 3 rings (SSSR count). The molecule has 1 heterocycles. The second kappa shape index (κ2) is 6.99. The second-order valence-electron chi connectivity index (χ2n) is 4.96. The number of allylic oxidation sites excluding steroid dienone is 2. The predicted octanol–water partition coefficient (Wildman–Crippen LogP) is 4.90. The topological polar surface area (TPSA) is 34.1 Å². The van der Waals surface area contributed by atoms with Gasteiger partial charge in [0, 0.05) is 11.1 Å². The van der Waals surface area contributed by atoms with Gasteiger partial charge >= 0.3 is 0 Å². The number of carbonyl (C=O) groups excluding carboxylic acids is 2. The largest absolute Gasteiger partial charge is 0.289 e. The zero-order valence-electron chi connectivity index (χ0n) is 12.3. The Morgan fingerprint density at radius 1 is 0.739 bits per heavy atom. The Kier molecular flexibility index (Phi) is 4.60. The molecule has 0 N–H and O–H groups in total. The van der Waals surface area contributed by atoms with Crippen LogP contribution in [-0.4, -0.2) is 11.6 Å². The maximum Gasteiger partial charge on any atom is 0.196 e.